The van der Waals surface area contributed by atoms with Gasteiger partial charge in [0.15, 0.2) is 6.73 Å². The maximum Gasteiger partial charge on any atom is 0.182 e. The molecule has 0 spiro atoms. The number of hydrogen-bond donors (Lipinski definition) is 1. The molecule has 3 nitrogen and oxygen atoms in total. The molecule has 130 valence electrons. The number of rotatable bonds is 15. The van der Waals surface area contributed by atoms with Crippen LogP contribution in [0.3, 0.4) is 0 Å². The molecule has 0 bridgehead atoms. The topological polar surface area (TPSA) is 29.5 Å². The Balaban J connectivity index is 0. The van der Waals surface area contributed by atoms with E-state index in [9.17, 15) is 0 Å². The van der Waals surface area contributed by atoms with Crippen LogP contribution in [0.25, 0.3) is 0 Å². The van der Waals surface area contributed by atoms with Crippen molar-refractivity contribution in [1.29, 1.82) is 0 Å². The van der Waals surface area contributed by atoms with E-state index >= 15 is 0 Å². The number of hydrogen-bond acceptors (Lipinski definition) is 2. The first kappa shape index (κ1) is 23.4. The standard InChI is InChI=1S/C17H38NO2.ClH/c1-4-5-6-7-8-9-10-11-12-13-16-20-17-18(2,3)14-15-19;/h19H,4-17H2,1-3H3;1H/q+1;/p-1. The molecular weight excluding hydrogens is 286 g/mol. The fraction of sp³-hybridized carbons (Fsp3) is 1.00. The molecule has 0 aromatic rings. The van der Waals surface area contributed by atoms with Gasteiger partial charge in [0.05, 0.1) is 27.3 Å². The van der Waals surface area contributed by atoms with Crippen molar-refractivity contribution in [3.8, 4) is 0 Å². The molecule has 0 unspecified atom stereocenters. The second-order valence-corrected chi connectivity index (χ2v) is 6.60. The quantitative estimate of drug-likeness (QED) is 0.276. The van der Waals surface area contributed by atoms with Gasteiger partial charge in [-0.2, -0.15) is 0 Å². The number of nitrogens with zero attached hydrogens (tertiary/aromatic N) is 1. The third-order valence-corrected chi connectivity index (χ3v) is 3.79. The van der Waals surface area contributed by atoms with E-state index in [1.807, 2.05) is 0 Å². The fourth-order valence-corrected chi connectivity index (χ4v) is 2.34. The van der Waals surface area contributed by atoms with Crippen LogP contribution in [-0.4, -0.2) is 50.2 Å². The molecule has 21 heavy (non-hydrogen) atoms. The average molecular weight is 324 g/mol. The molecule has 4 heteroatoms. The zero-order chi connectivity index (χ0) is 15.1. The molecule has 0 rings (SSSR count). The first-order chi connectivity index (χ1) is 9.62. The lowest BCUT2D eigenvalue weighted by Crippen LogP contribution is -3.00. The van der Waals surface area contributed by atoms with Crippen LogP contribution in [-0.2, 0) is 4.74 Å². The van der Waals surface area contributed by atoms with Gasteiger partial charge in [-0.25, -0.2) is 0 Å². The SMILES string of the molecule is CCCCCCCCCCCCOC[N+](C)(C)CCO.[Cl-]. The van der Waals surface area contributed by atoms with Crippen LogP contribution in [0.15, 0.2) is 0 Å². The number of aliphatic hydroxyl groups is 1. The Morgan fingerprint density at radius 1 is 0.810 bits per heavy atom. The van der Waals surface area contributed by atoms with E-state index in [1.54, 1.807) is 0 Å². The number of halogens is 1. The minimum atomic E-state index is 0. The molecule has 0 aliphatic rings. The van der Waals surface area contributed by atoms with E-state index in [0.717, 1.165) is 17.6 Å². The summed E-state index contributed by atoms with van der Waals surface area (Å²) in [5, 5.41) is 8.92. The van der Waals surface area contributed by atoms with Gasteiger partial charge in [-0.05, 0) is 6.42 Å². The van der Waals surface area contributed by atoms with Crippen LogP contribution in [0.4, 0.5) is 0 Å². The van der Waals surface area contributed by atoms with E-state index in [2.05, 4.69) is 21.0 Å². The normalized spacial score (nSPS) is 11.4. The minimum Gasteiger partial charge on any atom is -1.00 e. The van der Waals surface area contributed by atoms with E-state index < -0.39 is 0 Å². The molecule has 0 saturated heterocycles. The third kappa shape index (κ3) is 18.1. The van der Waals surface area contributed by atoms with Gasteiger partial charge in [0.2, 0.25) is 0 Å². The monoisotopic (exact) mass is 323 g/mol. The van der Waals surface area contributed by atoms with Crippen molar-refractivity contribution < 1.29 is 26.7 Å². The highest BCUT2D eigenvalue weighted by Crippen LogP contribution is 2.10. The van der Waals surface area contributed by atoms with Crippen molar-refractivity contribution in [2.45, 2.75) is 71.1 Å². The van der Waals surface area contributed by atoms with E-state index in [0.29, 0.717) is 6.73 Å². The Morgan fingerprint density at radius 2 is 1.29 bits per heavy atom. The van der Waals surface area contributed by atoms with Crippen molar-refractivity contribution in [3.05, 3.63) is 0 Å². The van der Waals surface area contributed by atoms with Crippen molar-refractivity contribution in [1.82, 2.24) is 0 Å². The summed E-state index contributed by atoms with van der Waals surface area (Å²) in [4.78, 5) is 0. The summed E-state index contributed by atoms with van der Waals surface area (Å²) in [6.07, 6.45) is 13.6. The Hall–Kier alpha value is 0.170. The number of likely N-dealkylation sites (N-methyl/N-ethyl adjacent to an activating group) is 1. The van der Waals surface area contributed by atoms with E-state index in [-0.39, 0.29) is 19.0 Å². The molecule has 0 atom stereocenters. The predicted octanol–water partition coefficient (Wildman–Crippen LogP) is 0.954. The lowest BCUT2D eigenvalue weighted by Gasteiger charge is -2.28. The number of unbranched alkanes of at least 4 members (excludes halogenated alkanes) is 9. The molecule has 0 radical (unpaired) electrons. The molecule has 0 amide bonds. The van der Waals surface area contributed by atoms with E-state index in [4.69, 9.17) is 9.84 Å². The Morgan fingerprint density at radius 3 is 1.76 bits per heavy atom. The van der Waals surface area contributed by atoms with Crippen LogP contribution in [0.2, 0.25) is 0 Å². The van der Waals surface area contributed by atoms with Crippen molar-refractivity contribution >= 4 is 0 Å². The predicted molar refractivity (Wildman–Crippen MR) is 86.7 cm³/mol. The lowest BCUT2D eigenvalue weighted by atomic mass is 10.1. The molecule has 0 aliphatic carbocycles. The minimum absolute atomic E-state index is 0. The van der Waals surface area contributed by atoms with Gasteiger partial charge in [-0.3, -0.25) is 0 Å². The summed E-state index contributed by atoms with van der Waals surface area (Å²) in [6, 6.07) is 0. The molecule has 0 heterocycles. The van der Waals surface area contributed by atoms with Gasteiger partial charge in [-0.1, -0.05) is 64.7 Å². The lowest BCUT2D eigenvalue weighted by molar-refractivity contribution is -0.910. The van der Waals surface area contributed by atoms with Crippen molar-refractivity contribution in [3.63, 3.8) is 0 Å². The van der Waals surface area contributed by atoms with Gasteiger partial charge < -0.3 is 26.7 Å². The fourth-order valence-electron chi connectivity index (χ4n) is 2.34. The van der Waals surface area contributed by atoms with Crippen LogP contribution in [0, 0.1) is 0 Å². The zero-order valence-corrected chi connectivity index (χ0v) is 15.3. The van der Waals surface area contributed by atoms with Gasteiger partial charge in [0.25, 0.3) is 0 Å². The molecule has 1 N–H and O–H groups in total. The molecule has 0 saturated carbocycles. The highest BCUT2D eigenvalue weighted by molar-refractivity contribution is 4.47. The maximum atomic E-state index is 8.92. The van der Waals surface area contributed by atoms with E-state index in [1.165, 1.54) is 64.2 Å². The van der Waals surface area contributed by atoms with Crippen molar-refractivity contribution in [2.75, 3.05) is 40.6 Å². The van der Waals surface area contributed by atoms with Crippen LogP contribution < -0.4 is 12.4 Å². The van der Waals surface area contributed by atoms with Crippen LogP contribution in [0.5, 0.6) is 0 Å². The summed E-state index contributed by atoms with van der Waals surface area (Å²) in [5.74, 6) is 0. The first-order valence-corrected chi connectivity index (χ1v) is 8.63. The number of aliphatic hydroxyl groups excluding tert-OH is 1. The van der Waals surface area contributed by atoms with Crippen molar-refractivity contribution in [2.24, 2.45) is 0 Å². The molecule has 0 aliphatic heterocycles. The largest absolute Gasteiger partial charge is 1.00 e. The maximum absolute atomic E-state index is 8.92. The molecule has 0 aromatic carbocycles. The first-order valence-electron chi connectivity index (χ1n) is 8.63. The summed E-state index contributed by atoms with van der Waals surface area (Å²) < 4.78 is 6.43. The molecule has 0 fully saturated rings. The Bertz CT molecular complexity index is 201. The summed E-state index contributed by atoms with van der Waals surface area (Å²) >= 11 is 0. The van der Waals surface area contributed by atoms with Gasteiger partial charge in [0, 0.05) is 0 Å². The average Bonchev–Trinajstić information content (AvgIpc) is 2.40. The smallest absolute Gasteiger partial charge is 0.182 e. The Kier molecular flexibility index (Phi) is 18.5. The second-order valence-electron chi connectivity index (χ2n) is 6.60. The number of ether oxygens (including phenoxy) is 1. The second kappa shape index (κ2) is 16.5. The van der Waals surface area contributed by atoms with Gasteiger partial charge in [0.1, 0.15) is 6.54 Å². The summed E-state index contributed by atoms with van der Waals surface area (Å²) in [5.41, 5.74) is 0. The van der Waals surface area contributed by atoms with Crippen LogP contribution in [0.1, 0.15) is 71.1 Å². The highest BCUT2D eigenvalue weighted by atomic mass is 35.5. The molecule has 0 aromatic heterocycles. The Labute approximate surface area is 139 Å². The zero-order valence-electron chi connectivity index (χ0n) is 14.6. The van der Waals surface area contributed by atoms with Gasteiger partial charge in [-0.15, -0.1) is 0 Å². The van der Waals surface area contributed by atoms with Gasteiger partial charge >= 0.3 is 0 Å². The van der Waals surface area contributed by atoms with Crippen LogP contribution >= 0.6 is 0 Å². The highest BCUT2D eigenvalue weighted by Gasteiger charge is 2.13. The summed E-state index contributed by atoms with van der Waals surface area (Å²) in [7, 11) is 4.18. The third-order valence-electron chi connectivity index (χ3n) is 3.79. The molecular formula is C17H38ClNO2. The summed E-state index contributed by atoms with van der Waals surface area (Å²) in [6.45, 7) is 4.83. The number of quaternary nitrogens is 1.